The number of aromatic nitrogens is 1. The van der Waals surface area contributed by atoms with Crippen molar-refractivity contribution >= 4 is 22.5 Å². The van der Waals surface area contributed by atoms with Crippen molar-refractivity contribution in [3.8, 4) is 5.75 Å². The molecule has 3 N–H and O–H groups in total. The second-order valence-corrected chi connectivity index (χ2v) is 5.88. The molecule has 0 fully saturated rings. The largest absolute Gasteiger partial charge is 0.493 e. The van der Waals surface area contributed by atoms with Crippen molar-refractivity contribution in [2.75, 3.05) is 12.3 Å². The topological polar surface area (TPSA) is 73.3 Å². The zero-order valence-electron chi connectivity index (χ0n) is 14.4. The van der Waals surface area contributed by atoms with Crippen LogP contribution >= 0.6 is 0 Å². The van der Waals surface area contributed by atoms with Crippen LogP contribution in [0.2, 0.25) is 0 Å². The van der Waals surface area contributed by atoms with E-state index in [0.29, 0.717) is 12.4 Å². The van der Waals surface area contributed by atoms with Gasteiger partial charge in [-0.25, -0.2) is 4.98 Å². The highest BCUT2D eigenvalue weighted by Crippen LogP contribution is 2.25. The van der Waals surface area contributed by atoms with Gasteiger partial charge in [-0.05, 0) is 36.8 Å². The third kappa shape index (κ3) is 4.12. The maximum Gasteiger partial charge on any atom is 0.138 e. The van der Waals surface area contributed by atoms with Crippen molar-refractivity contribution in [2.24, 2.45) is 0 Å². The number of nitrogens with one attached hydrogen (secondary N) is 1. The van der Waals surface area contributed by atoms with Gasteiger partial charge in [0.25, 0.3) is 0 Å². The molecule has 0 aliphatic carbocycles. The van der Waals surface area contributed by atoms with Crippen LogP contribution in [0.3, 0.4) is 0 Å². The Hall–Kier alpha value is -2.95. The van der Waals surface area contributed by atoms with Crippen molar-refractivity contribution in [3.05, 3.63) is 60.5 Å². The molecule has 3 aromatic rings. The van der Waals surface area contributed by atoms with Gasteiger partial charge in [-0.3, -0.25) is 0 Å². The third-order valence-electron chi connectivity index (χ3n) is 3.95. The second-order valence-electron chi connectivity index (χ2n) is 5.88. The maximum atomic E-state index is 5.90. The number of rotatable bonds is 8. The molecule has 0 spiro atoms. The highest BCUT2D eigenvalue weighted by molar-refractivity contribution is 5.79. The summed E-state index contributed by atoms with van der Waals surface area (Å²) < 4.78 is 11.6. The summed E-state index contributed by atoms with van der Waals surface area (Å²) in [6, 6.07) is 11.6. The van der Waals surface area contributed by atoms with E-state index in [4.69, 9.17) is 14.9 Å². The van der Waals surface area contributed by atoms with Crippen LogP contribution < -0.4 is 15.8 Å². The van der Waals surface area contributed by atoms with Crippen LogP contribution in [0.15, 0.2) is 53.6 Å². The van der Waals surface area contributed by atoms with E-state index in [-0.39, 0.29) is 0 Å². The predicted molar refractivity (Wildman–Crippen MR) is 101 cm³/mol. The summed E-state index contributed by atoms with van der Waals surface area (Å²) in [6.07, 6.45) is 3.82. The molecule has 0 unspecified atom stereocenters. The van der Waals surface area contributed by atoms with E-state index in [1.54, 1.807) is 6.20 Å². The normalized spacial score (nSPS) is 10.8. The number of anilines is 1. The Morgan fingerprint density at radius 3 is 3.00 bits per heavy atom. The lowest BCUT2D eigenvalue weighted by molar-refractivity contribution is 0.309. The molecule has 0 atom stereocenters. The van der Waals surface area contributed by atoms with E-state index in [1.807, 2.05) is 36.4 Å². The summed E-state index contributed by atoms with van der Waals surface area (Å²) in [5.41, 5.74) is 8.20. The Balaban J connectivity index is 1.66. The quantitative estimate of drug-likeness (QED) is 0.598. The van der Waals surface area contributed by atoms with Crippen molar-refractivity contribution in [1.29, 1.82) is 0 Å². The molecule has 0 saturated heterocycles. The van der Waals surface area contributed by atoms with Gasteiger partial charge < -0.3 is 20.2 Å². The first kappa shape index (κ1) is 16.9. The molecule has 0 bridgehead atoms. The number of nitrogen functional groups attached to an aromatic ring is 1. The highest BCUT2D eigenvalue weighted by atomic mass is 16.5. The number of unbranched alkanes of at least 4 members (excludes halogenated alkanes) is 1. The van der Waals surface area contributed by atoms with Gasteiger partial charge in [-0.1, -0.05) is 19.9 Å². The molecule has 5 heteroatoms. The van der Waals surface area contributed by atoms with E-state index in [9.17, 15) is 0 Å². The summed E-state index contributed by atoms with van der Waals surface area (Å²) in [7, 11) is 0. The fourth-order valence-electron chi connectivity index (χ4n) is 2.54. The summed E-state index contributed by atoms with van der Waals surface area (Å²) >= 11 is 0. The Morgan fingerprint density at radius 1 is 1.32 bits per heavy atom. The number of nitrogens with two attached hydrogens (primary N) is 1. The summed E-state index contributed by atoms with van der Waals surface area (Å²) in [5.74, 6) is 2.12. The van der Waals surface area contributed by atoms with Crippen LogP contribution in [0.5, 0.6) is 5.75 Å². The molecule has 1 aromatic carbocycles. The number of pyridine rings is 1. The molecule has 0 saturated carbocycles. The SMILES string of the molecule is C=C(NCc1cc2ccc(OCCCC)cc2o1)c1cccnc1N. The molecule has 0 aliphatic heterocycles. The standard InChI is InChI=1S/C20H23N3O2/c1-3-4-10-24-16-8-7-15-11-17(25-19(15)12-16)13-23-14(2)18-6-5-9-22-20(18)21/h5-9,11-12,23H,2-4,10,13H2,1H3,(H2,21,22). The number of nitrogens with zero attached hydrogens (tertiary/aromatic N) is 1. The second kappa shape index (κ2) is 7.75. The zero-order chi connectivity index (χ0) is 17.6. The average molecular weight is 337 g/mol. The number of hydrogen-bond donors (Lipinski definition) is 2. The van der Waals surface area contributed by atoms with Gasteiger partial charge >= 0.3 is 0 Å². The minimum Gasteiger partial charge on any atom is -0.493 e. The Bertz CT molecular complexity index is 870. The molecule has 130 valence electrons. The van der Waals surface area contributed by atoms with Gasteiger partial charge in [0.15, 0.2) is 0 Å². The number of fused-ring (bicyclic) bond motifs is 1. The lowest BCUT2D eigenvalue weighted by atomic mass is 10.2. The van der Waals surface area contributed by atoms with Crippen molar-refractivity contribution in [2.45, 2.75) is 26.3 Å². The molecule has 0 radical (unpaired) electrons. The number of benzene rings is 1. The maximum absolute atomic E-state index is 5.90. The summed E-state index contributed by atoms with van der Waals surface area (Å²) in [4.78, 5) is 4.07. The lowest BCUT2D eigenvalue weighted by Crippen LogP contribution is -2.12. The number of furan rings is 1. The number of hydrogen-bond acceptors (Lipinski definition) is 5. The summed E-state index contributed by atoms with van der Waals surface area (Å²) in [5, 5.41) is 4.28. The van der Waals surface area contributed by atoms with Gasteiger partial charge in [0, 0.05) is 28.9 Å². The van der Waals surface area contributed by atoms with Crippen molar-refractivity contribution in [1.82, 2.24) is 10.3 Å². The molecular formula is C20H23N3O2. The van der Waals surface area contributed by atoms with Crippen LogP contribution in [0.25, 0.3) is 16.7 Å². The smallest absolute Gasteiger partial charge is 0.138 e. The minimum absolute atomic E-state index is 0.457. The van der Waals surface area contributed by atoms with Crippen LogP contribution in [-0.2, 0) is 6.54 Å². The van der Waals surface area contributed by atoms with E-state index >= 15 is 0 Å². The first-order chi connectivity index (χ1) is 12.2. The van der Waals surface area contributed by atoms with Gasteiger partial charge in [-0.15, -0.1) is 0 Å². The first-order valence-electron chi connectivity index (χ1n) is 8.46. The van der Waals surface area contributed by atoms with Gasteiger partial charge in [0.1, 0.15) is 22.9 Å². The number of ether oxygens (including phenoxy) is 1. The van der Waals surface area contributed by atoms with E-state index < -0.39 is 0 Å². The monoisotopic (exact) mass is 337 g/mol. The highest BCUT2D eigenvalue weighted by Gasteiger charge is 2.08. The molecule has 2 heterocycles. The first-order valence-corrected chi connectivity index (χ1v) is 8.46. The zero-order valence-corrected chi connectivity index (χ0v) is 14.4. The molecule has 0 amide bonds. The van der Waals surface area contributed by atoms with Crippen LogP contribution in [0.4, 0.5) is 5.82 Å². The van der Waals surface area contributed by atoms with Crippen LogP contribution in [-0.4, -0.2) is 11.6 Å². The van der Waals surface area contributed by atoms with Crippen molar-refractivity contribution in [3.63, 3.8) is 0 Å². The van der Waals surface area contributed by atoms with Crippen LogP contribution in [0, 0.1) is 0 Å². The lowest BCUT2D eigenvalue weighted by Gasteiger charge is -2.09. The fraction of sp³-hybridized carbons (Fsp3) is 0.250. The van der Waals surface area contributed by atoms with Crippen LogP contribution in [0.1, 0.15) is 31.1 Å². The molecule has 5 nitrogen and oxygen atoms in total. The predicted octanol–water partition coefficient (Wildman–Crippen LogP) is 4.35. The van der Waals surface area contributed by atoms with Gasteiger partial charge in [-0.2, -0.15) is 0 Å². The Kier molecular flexibility index (Phi) is 5.23. The average Bonchev–Trinajstić information content (AvgIpc) is 3.02. The molecule has 0 aliphatic rings. The van der Waals surface area contributed by atoms with Gasteiger partial charge in [0.05, 0.1) is 13.2 Å². The molecular weight excluding hydrogens is 314 g/mol. The molecule has 2 aromatic heterocycles. The molecule has 25 heavy (non-hydrogen) atoms. The Labute approximate surface area is 147 Å². The third-order valence-corrected chi connectivity index (χ3v) is 3.95. The van der Waals surface area contributed by atoms with E-state index in [0.717, 1.165) is 53.2 Å². The molecule has 3 rings (SSSR count). The van der Waals surface area contributed by atoms with E-state index in [2.05, 4.69) is 23.8 Å². The minimum atomic E-state index is 0.457. The van der Waals surface area contributed by atoms with E-state index in [1.165, 1.54) is 0 Å². The van der Waals surface area contributed by atoms with Crippen molar-refractivity contribution < 1.29 is 9.15 Å². The fourth-order valence-corrected chi connectivity index (χ4v) is 2.54. The Morgan fingerprint density at radius 2 is 2.20 bits per heavy atom. The van der Waals surface area contributed by atoms with Gasteiger partial charge in [0.2, 0.25) is 0 Å². The summed E-state index contributed by atoms with van der Waals surface area (Å²) in [6.45, 7) is 7.41.